The van der Waals surface area contributed by atoms with Crippen molar-refractivity contribution in [3.8, 4) is 22.5 Å². The summed E-state index contributed by atoms with van der Waals surface area (Å²) in [7, 11) is 0. The smallest absolute Gasteiger partial charge is 0.216 e. The van der Waals surface area contributed by atoms with Crippen molar-refractivity contribution in [3.05, 3.63) is 108 Å². The van der Waals surface area contributed by atoms with Crippen LogP contribution < -0.4 is 4.40 Å². The molecular weight excluding hydrogens is 899 g/mol. The van der Waals surface area contributed by atoms with Crippen molar-refractivity contribution in [2.75, 3.05) is 0 Å². The largest absolute Gasteiger partial charge is 0.486 e. The van der Waals surface area contributed by atoms with Gasteiger partial charge < -0.3 is 9.40 Å². The van der Waals surface area contributed by atoms with Crippen LogP contribution in [0.15, 0.2) is 77.5 Å². The quantitative estimate of drug-likeness (QED) is 0.113. The molecule has 1 radical (unpaired) electrons. The molecule has 0 saturated heterocycles. The Morgan fingerprint density at radius 3 is 2.26 bits per heavy atom. The average Bonchev–Trinajstić information content (AvgIpc) is 3.50. The Hall–Kier alpha value is -3.12. The Morgan fingerprint density at radius 2 is 1.57 bits per heavy atom. The second-order valence-corrected chi connectivity index (χ2v) is 28.6. The molecule has 0 spiro atoms. The van der Waals surface area contributed by atoms with Crippen LogP contribution in [-0.2, 0) is 38.4 Å². The first kappa shape index (κ1) is 42.0. The van der Waals surface area contributed by atoms with E-state index in [1.165, 1.54) is 48.8 Å². The first-order valence-corrected chi connectivity index (χ1v) is 27.2. The van der Waals surface area contributed by atoms with E-state index in [9.17, 15) is 0 Å². The number of aromatic nitrogens is 3. The van der Waals surface area contributed by atoms with Gasteiger partial charge in [-0.05, 0) is 42.1 Å². The second-order valence-electron chi connectivity index (χ2n) is 18.0. The fraction of sp³-hybridized carbons (Fsp3) is 0.438. The van der Waals surface area contributed by atoms with Gasteiger partial charge in [0.15, 0.2) is 0 Å². The zero-order chi connectivity index (χ0) is 37.9. The van der Waals surface area contributed by atoms with Crippen LogP contribution in [0, 0.1) is 24.0 Å². The Morgan fingerprint density at radius 1 is 0.833 bits per heavy atom. The molecule has 4 aromatic heterocycles. The van der Waals surface area contributed by atoms with Crippen LogP contribution in [-0.4, -0.2) is 28.2 Å². The molecule has 7 rings (SSSR count). The van der Waals surface area contributed by atoms with Crippen LogP contribution >= 0.6 is 0 Å². The summed E-state index contributed by atoms with van der Waals surface area (Å²) in [5.41, 5.74) is 11.0. The molecule has 0 unspecified atom stereocenters. The summed E-state index contributed by atoms with van der Waals surface area (Å²) in [6.45, 7) is 15.6. The zero-order valence-corrected chi connectivity index (χ0v) is 38.7. The maximum absolute atomic E-state index is 6.24. The van der Waals surface area contributed by atoms with Crippen molar-refractivity contribution in [3.63, 3.8) is 0 Å². The zero-order valence-electron chi connectivity index (χ0n) is 34.2. The summed E-state index contributed by atoms with van der Waals surface area (Å²) in [6.07, 6.45) is 13.2. The minimum absolute atomic E-state index is 0. The van der Waals surface area contributed by atoms with Gasteiger partial charge in [-0.15, -0.1) is 18.2 Å². The first-order valence-electron chi connectivity index (χ1n) is 19.9. The minimum Gasteiger partial charge on any atom is -0.486 e. The molecule has 2 aromatic carbocycles. The van der Waals surface area contributed by atoms with Gasteiger partial charge in [-0.3, -0.25) is 0 Å². The number of rotatable bonds is 8. The fourth-order valence-corrected chi connectivity index (χ4v) is 11.0. The third kappa shape index (κ3) is 10.2. The summed E-state index contributed by atoms with van der Waals surface area (Å²) in [6, 6.07) is 28.2. The molecule has 54 heavy (non-hydrogen) atoms. The van der Waals surface area contributed by atoms with Gasteiger partial charge in [0.05, 0.1) is 5.58 Å². The Bertz CT molecular complexity index is 2170. The second kappa shape index (κ2) is 17.8. The molecule has 0 aliphatic heterocycles. The molecule has 6 aromatic rings. The molecule has 4 heterocycles. The Labute approximate surface area is 341 Å². The number of benzene rings is 2. The summed E-state index contributed by atoms with van der Waals surface area (Å²) >= 11 is -1.91. The van der Waals surface area contributed by atoms with Crippen LogP contribution in [0.3, 0.4) is 0 Å². The molecule has 1 aliphatic rings. The van der Waals surface area contributed by atoms with E-state index in [1.807, 2.05) is 18.3 Å². The summed E-state index contributed by atoms with van der Waals surface area (Å²) < 4.78 is 7.78. The van der Waals surface area contributed by atoms with Crippen LogP contribution in [0.5, 0.6) is 0 Å². The standard InChI is InChI=1S/C26H27N2O.C22H32GeN.Ir/c1-17(2)23-12-11-21-20-9-6-10-22(25(20)29-26(21)28-23)24-16-19(13-14-27-24)15-18-7-4-3-5-8-18;1-16(2)12-18-14-21(24-15-20(18)23(6,7)8)17-10-9-11-19(13-17)22(3,4)5;/h6,9,11-14,16-18H,3-5,7-8,15H2,1-2H3;9,11,13-16H,12H2,1-8H3;/q2*-1;. The molecule has 0 N–H and O–H groups in total. The molecular formula is C48H59GeIrN3O-2. The summed E-state index contributed by atoms with van der Waals surface area (Å²) in [5.74, 6) is 9.20. The third-order valence-electron chi connectivity index (χ3n) is 10.6. The molecule has 1 saturated carbocycles. The summed E-state index contributed by atoms with van der Waals surface area (Å²) in [4.78, 5) is 14.2. The number of pyridine rings is 3. The maximum Gasteiger partial charge on any atom is 0.216 e. The molecule has 287 valence electrons. The molecule has 0 bridgehead atoms. The van der Waals surface area contributed by atoms with E-state index in [0.29, 0.717) is 17.5 Å². The van der Waals surface area contributed by atoms with E-state index in [1.54, 1.807) is 4.40 Å². The van der Waals surface area contributed by atoms with E-state index in [-0.39, 0.29) is 25.5 Å². The van der Waals surface area contributed by atoms with Gasteiger partial charge in [-0.2, -0.15) is 0 Å². The van der Waals surface area contributed by atoms with Crippen LogP contribution in [0.4, 0.5) is 0 Å². The third-order valence-corrected chi connectivity index (χ3v) is 14.9. The van der Waals surface area contributed by atoms with Crippen molar-refractivity contribution in [1.82, 2.24) is 15.0 Å². The molecule has 0 atom stereocenters. The normalized spacial score (nSPS) is 14.0. The molecule has 1 aliphatic carbocycles. The minimum atomic E-state index is -1.91. The van der Waals surface area contributed by atoms with Gasteiger partial charge in [-0.1, -0.05) is 68.5 Å². The van der Waals surface area contributed by atoms with Gasteiger partial charge in [0.1, 0.15) is 0 Å². The monoisotopic (exact) mass is 960 g/mol. The average molecular weight is 959 g/mol. The molecule has 6 heteroatoms. The topological polar surface area (TPSA) is 51.8 Å². The van der Waals surface area contributed by atoms with Crippen LogP contribution in [0.2, 0.25) is 17.3 Å². The first-order chi connectivity index (χ1) is 25.2. The fourth-order valence-electron chi connectivity index (χ4n) is 7.62. The molecule has 4 nitrogen and oxygen atoms in total. The number of hydrogen-bond acceptors (Lipinski definition) is 4. The Kier molecular flexibility index (Phi) is 13.8. The van der Waals surface area contributed by atoms with Gasteiger partial charge >= 0.3 is 151 Å². The van der Waals surface area contributed by atoms with Gasteiger partial charge in [0, 0.05) is 37.4 Å². The van der Waals surface area contributed by atoms with Gasteiger partial charge in [0.2, 0.25) is 5.71 Å². The summed E-state index contributed by atoms with van der Waals surface area (Å²) in [5, 5.41) is 2.13. The van der Waals surface area contributed by atoms with E-state index >= 15 is 0 Å². The van der Waals surface area contributed by atoms with E-state index in [4.69, 9.17) is 14.4 Å². The van der Waals surface area contributed by atoms with Gasteiger partial charge in [-0.25, -0.2) is 4.98 Å². The predicted molar refractivity (Wildman–Crippen MR) is 227 cm³/mol. The maximum atomic E-state index is 6.24. The predicted octanol–water partition coefficient (Wildman–Crippen LogP) is 12.7. The van der Waals surface area contributed by atoms with E-state index < -0.39 is 13.3 Å². The molecule has 1 fully saturated rings. The SMILES string of the molecule is CC(C)Cc1cc(-c2[c-]ccc(C(C)(C)C)c2)nc[c]1[Ge]([CH3])([CH3])[CH3].CC(C)c1ccc2c(n1)oc1c(-c3cc(CC4CCCCC4)ccn3)[c-]ccc12.[Ir]. The van der Waals surface area contributed by atoms with Crippen molar-refractivity contribution in [1.29, 1.82) is 0 Å². The van der Waals surface area contributed by atoms with Crippen LogP contribution in [0.25, 0.3) is 44.6 Å². The van der Waals surface area contributed by atoms with Crippen molar-refractivity contribution in [2.24, 2.45) is 11.8 Å². The van der Waals surface area contributed by atoms with Crippen molar-refractivity contribution >= 4 is 39.7 Å². The van der Waals surface area contributed by atoms with Crippen molar-refractivity contribution < 1.29 is 24.5 Å². The van der Waals surface area contributed by atoms with E-state index in [2.05, 4.69) is 138 Å². The van der Waals surface area contributed by atoms with Gasteiger partial charge in [0.25, 0.3) is 0 Å². The molecule has 0 amide bonds. The number of furan rings is 1. The van der Waals surface area contributed by atoms with E-state index in [0.717, 1.165) is 63.3 Å². The number of hydrogen-bond donors (Lipinski definition) is 0. The number of fused-ring (bicyclic) bond motifs is 3. The van der Waals surface area contributed by atoms with Crippen LogP contribution in [0.1, 0.15) is 109 Å². The Balaban J connectivity index is 0.000000208. The van der Waals surface area contributed by atoms with Crippen molar-refractivity contribution in [2.45, 2.75) is 122 Å². The number of nitrogens with zero attached hydrogens (tertiary/aromatic N) is 3.